The number of pyridine rings is 2. The van der Waals surface area contributed by atoms with Gasteiger partial charge in [-0.05, 0) is 18.2 Å². The SMILES string of the molecule is COc1ccc(-c2cc(NCc3ccccn3)ncn2)cn1. The maximum atomic E-state index is 5.05. The van der Waals surface area contributed by atoms with Gasteiger partial charge < -0.3 is 10.1 Å². The molecule has 0 bridgehead atoms. The summed E-state index contributed by atoms with van der Waals surface area (Å²) in [5, 5.41) is 3.23. The first-order valence-corrected chi connectivity index (χ1v) is 6.81. The van der Waals surface area contributed by atoms with Gasteiger partial charge in [0.2, 0.25) is 5.88 Å². The van der Waals surface area contributed by atoms with Crippen molar-refractivity contribution in [3.63, 3.8) is 0 Å². The molecule has 0 spiro atoms. The zero-order valence-corrected chi connectivity index (χ0v) is 12.1. The van der Waals surface area contributed by atoms with E-state index in [1.807, 2.05) is 30.3 Å². The Bertz CT molecular complexity index is 731. The third kappa shape index (κ3) is 3.35. The Balaban J connectivity index is 1.74. The summed E-state index contributed by atoms with van der Waals surface area (Å²) in [6, 6.07) is 11.4. The van der Waals surface area contributed by atoms with E-state index in [1.54, 1.807) is 25.6 Å². The van der Waals surface area contributed by atoms with Crippen molar-refractivity contribution in [2.24, 2.45) is 0 Å². The molecule has 0 aliphatic carbocycles. The summed E-state index contributed by atoms with van der Waals surface area (Å²) in [4.78, 5) is 16.9. The zero-order chi connectivity index (χ0) is 15.2. The van der Waals surface area contributed by atoms with Gasteiger partial charge in [-0.25, -0.2) is 15.0 Å². The van der Waals surface area contributed by atoms with Gasteiger partial charge in [-0.15, -0.1) is 0 Å². The highest BCUT2D eigenvalue weighted by atomic mass is 16.5. The van der Waals surface area contributed by atoms with Gasteiger partial charge in [-0.1, -0.05) is 6.07 Å². The van der Waals surface area contributed by atoms with Crippen LogP contribution in [0.2, 0.25) is 0 Å². The van der Waals surface area contributed by atoms with Gasteiger partial charge in [0.1, 0.15) is 12.1 Å². The van der Waals surface area contributed by atoms with Crippen LogP contribution in [0.15, 0.2) is 55.1 Å². The third-order valence-electron chi connectivity index (χ3n) is 3.09. The average molecular weight is 293 g/mol. The first-order valence-electron chi connectivity index (χ1n) is 6.81. The molecule has 6 heteroatoms. The number of nitrogens with zero attached hydrogens (tertiary/aromatic N) is 4. The van der Waals surface area contributed by atoms with E-state index in [-0.39, 0.29) is 0 Å². The molecule has 3 aromatic heterocycles. The van der Waals surface area contributed by atoms with E-state index >= 15 is 0 Å². The van der Waals surface area contributed by atoms with Crippen LogP contribution in [-0.4, -0.2) is 27.0 Å². The fourth-order valence-corrected chi connectivity index (χ4v) is 1.95. The van der Waals surface area contributed by atoms with Crippen molar-refractivity contribution in [1.29, 1.82) is 0 Å². The number of hydrogen-bond acceptors (Lipinski definition) is 6. The molecule has 1 N–H and O–H groups in total. The van der Waals surface area contributed by atoms with Gasteiger partial charge in [0.15, 0.2) is 0 Å². The highest BCUT2D eigenvalue weighted by Gasteiger charge is 2.03. The first kappa shape index (κ1) is 13.9. The van der Waals surface area contributed by atoms with Gasteiger partial charge in [0, 0.05) is 30.1 Å². The van der Waals surface area contributed by atoms with Crippen LogP contribution < -0.4 is 10.1 Å². The predicted molar refractivity (Wildman–Crippen MR) is 83.4 cm³/mol. The minimum absolute atomic E-state index is 0.575. The number of anilines is 1. The lowest BCUT2D eigenvalue weighted by atomic mass is 10.2. The highest BCUT2D eigenvalue weighted by molar-refractivity contribution is 5.61. The zero-order valence-electron chi connectivity index (χ0n) is 12.1. The maximum Gasteiger partial charge on any atom is 0.212 e. The normalized spacial score (nSPS) is 10.2. The summed E-state index contributed by atoms with van der Waals surface area (Å²) in [7, 11) is 1.59. The molecule has 0 aliphatic heterocycles. The number of methoxy groups -OCH3 is 1. The smallest absolute Gasteiger partial charge is 0.212 e. The van der Waals surface area contributed by atoms with E-state index < -0.39 is 0 Å². The van der Waals surface area contributed by atoms with Crippen LogP contribution >= 0.6 is 0 Å². The summed E-state index contributed by atoms with van der Waals surface area (Å²) in [5.41, 5.74) is 2.66. The van der Waals surface area contributed by atoms with Crippen LogP contribution in [0.5, 0.6) is 5.88 Å². The number of aromatic nitrogens is 4. The highest BCUT2D eigenvalue weighted by Crippen LogP contribution is 2.19. The molecule has 0 amide bonds. The van der Waals surface area contributed by atoms with Gasteiger partial charge in [0.05, 0.1) is 25.0 Å². The van der Waals surface area contributed by atoms with Gasteiger partial charge in [-0.2, -0.15) is 0 Å². The van der Waals surface area contributed by atoms with Gasteiger partial charge in [-0.3, -0.25) is 4.98 Å². The summed E-state index contributed by atoms with van der Waals surface area (Å²) < 4.78 is 5.05. The summed E-state index contributed by atoms with van der Waals surface area (Å²) in [6.45, 7) is 0.609. The van der Waals surface area contributed by atoms with Crippen LogP contribution in [0, 0.1) is 0 Å². The Kier molecular flexibility index (Phi) is 4.20. The molecular weight excluding hydrogens is 278 g/mol. The van der Waals surface area contributed by atoms with E-state index in [0.29, 0.717) is 12.4 Å². The number of ether oxygens (including phenoxy) is 1. The molecule has 0 saturated carbocycles. The molecule has 110 valence electrons. The second-order valence-electron chi connectivity index (χ2n) is 4.55. The Hall–Kier alpha value is -3.02. The van der Waals surface area contributed by atoms with E-state index in [9.17, 15) is 0 Å². The lowest BCUT2D eigenvalue weighted by molar-refractivity contribution is 0.398. The Morgan fingerprint density at radius 1 is 1.05 bits per heavy atom. The molecule has 0 atom stereocenters. The number of nitrogens with one attached hydrogen (secondary N) is 1. The van der Waals surface area contributed by atoms with Crippen LogP contribution in [0.1, 0.15) is 5.69 Å². The third-order valence-corrected chi connectivity index (χ3v) is 3.09. The van der Waals surface area contributed by atoms with E-state index in [1.165, 1.54) is 6.33 Å². The molecule has 0 fully saturated rings. The molecule has 3 heterocycles. The first-order chi connectivity index (χ1) is 10.8. The second-order valence-corrected chi connectivity index (χ2v) is 4.55. The van der Waals surface area contributed by atoms with Crippen LogP contribution in [-0.2, 0) is 6.54 Å². The monoisotopic (exact) mass is 293 g/mol. The van der Waals surface area contributed by atoms with Crippen molar-refractivity contribution in [2.45, 2.75) is 6.54 Å². The van der Waals surface area contributed by atoms with Crippen molar-refractivity contribution >= 4 is 5.82 Å². The Labute approximate surface area is 128 Å². The van der Waals surface area contributed by atoms with Crippen molar-refractivity contribution in [3.05, 3.63) is 60.8 Å². The predicted octanol–water partition coefficient (Wildman–Crippen LogP) is 2.55. The molecule has 0 aliphatic rings. The summed E-state index contributed by atoms with van der Waals surface area (Å²) >= 11 is 0. The topological polar surface area (TPSA) is 72.8 Å². The molecule has 0 radical (unpaired) electrons. The minimum Gasteiger partial charge on any atom is -0.481 e. The molecule has 0 unspecified atom stereocenters. The number of hydrogen-bond donors (Lipinski definition) is 1. The molecule has 3 aromatic rings. The molecule has 22 heavy (non-hydrogen) atoms. The molecule has 0 saturated heterocycles. The lowest BCUT2D eigenvalue weighted by Crippen LogP contribution is -2.03. The largest absolute Gasteiger partial charge is 0.481 e. The van der Waals surface area contributed by atoms with E-state index in [0.717, 1.165) is 22.8 Å². The molecular formula is C16H15N5O. The van der Waals surface area contributed by atoms with E-state index in [2.05, 4.69) is 25.3 Å². The molecule has 6 nitrogen and oxygen atoms in total. The quantitative estimate of drug-likeness (QED) is 0.779. The van der Waals surface area contributed by atoms with Crippen molar-refractivity contribution < 1.29 is 4.74 Å². The second kappa shape index (κ2) is 6.62. The summed E-state index contributed by atoms with van der Waals surface area (Å²) in [5.74, 6) is 1.32. The van der Waals surface area contributed by atoms with Gasteiger partial charge in [0.25, 0.3) is 0 Å². The van der Waals surface area contributed by atoms with Crippen molar-refractivity contribution in [3.8, 4) is 17.1 Å². The van der Waals surface area contributed by atoms with Crippen LogP contribution in [0.3, 0.4) is 0 Å². The molecule has 3 rings (SSSR count). The Morgan fingerprint density at radius 3 is 2.73 bits per heavy atom. The Morgan fingerprint density at radius 2 is 2.00 bits per heavy atom. The van der Waals surface area contributed by atoms with Crippen LogP contribution in [0.4, 0.5) is 5.82 Å². The summed E-state index contributed by atoms with van der Waals surface area (Å²) in [6.07, 6.45) is 5.02. The van der Waals surface area contributed by atoms with Crippen molar-refractivity contribution in [2.75, 3.05) is 12.4 Å². The maximum absolute atomic E-state index is 5.05. The van der Waals surface area contributed by atoms with Gasteiger partial charge >= 0.3 is 0 Å². The fraction of sp³-hybridized carbons (Fsp3) is 0.125. The van der Waals surface area contributed by atoms with Crippen molar-refractivity contribution in [1.82, 2.24) is 19.9 Å². The van der Waals surface area contributed by atoms with E-state index in [4.69, 9.17) is 4.74 Å². The average Bonchev–Trinajstić information content (AvgIpc) is 2.61. The number of rotatable bonds is 5. The fourth-order valence-electron chi connectivity index (χ4n) is 1.95. The lowest BCUT2D eigenvalue weighted by Gasteiger charge is -2.07. The van der Waals surface area contributed by atoms with Crippen LogP contribution in [0.25, 0.3) is 11.3 Å². The standard InChI is InChI=1S/C16H15N5O/c1-22-16-6-5-12(9-19-16)14-8-15(21-11-20-14)18-10-13-4-2-3-7-17-13/h2-9,11H,10H2,1H3,(H,18,20,21). The molecule has 0 aromatic carbocycles. The minimum atomic E-state index is 0.575.